The zero-order valence-corrected chi connectivity index (χ0v) is 11.7. The van der Waals surface area contributed by atoms with Crippen molar-refractivity contribution in [1.82, 2.24) is 5.32 Å². The predicted molar refractivity (Wildman–Crippen MR) is 77.2 cm³/mol. The Hall–Kier alpha value is -1.88. The molecule has 1 unspecified atom stereocenters. The highest BCUT2D eigenvalue weighted by atomic mass is 16.4. The van der Waals surface area contributed by atoms with Crippen LogP contribution in [-0.4, -0.2) is 29.6 Å². The van der Waals surface area contributed by atoms with Crippen LogP contribution in [0.2, 0.25) is 0 Å². The molecule has 5 heteroatoms. The molecule has 0 radical (unpaired) electrons. The van der Waals surface area contributed by atoms with Gasteiger partial charge in [0.15, 0.2) is 0 Å². The summed E-state index contributed by atoms with van der Waals surface area (Å²) < 4.78 is 0. The number of carboxylic acid groups (broad SMARTS) is 1. The summed E-state index contributed by atoms with van der Waals surface area (Å²) in [5, 5.41) is 11.7. The van der Waals surface area contributed by atoms with E-state index in [-0.39, 0.29) is 18.2 Å². The Morgan fingerprint density at radius 1 is 1.30 bits per heavy atom. The van der Waals surface area contributed by atoms with Crippen molar-refractivity contribution in [3.8, 4) is 0 Å². The van der Waals surface area contributed by atoms with Gasteiger partial charge in [0.2, 0.25) is 5.91 Å². The van der Waals surface area contributed by atoms with Crippen LogP contribution in [0.1, 0.15) is 25.3 Å². The van der Waals surface area contributed by atoms with E-state index in [2.05, 4.69) is 5.32 Å². The standard InChI is InChI=1S/C15H22N2O3/c1-11(10-16)7-8-14(18)17-13(15(19)20)9-12-5-3-2-4-6-12/h2-6,11,13H,7-10,16H2,1H3,(H,17,18)(H,19,20)/t11?,13-/m1/s1. The van der Waals surface area contributed by atoms with Crippen LogP contribution in [0.25, 0.3) is 0 Å². The molecule has 0 aliphatic carbocycles. The summed E-state index contributed by atoms with van der Waals surface area (Å²) in [6, 6.07) is 8.36. The highest BCUT2D eigenvalue weighted by Gasteiger charge is 2.20. The summed E-state index contributed by atoms with van der Waals surface area (Å²) >= 11 is 0. The van der Waals surface area contributed by atoms with E-state index < -0.39 is 12.0 Å². The number of amides is 1. The van der Waals surface area contributed by atoms with Crippen LogP contribution in [0, 0.1) is 5.92 Å². The zero-order valence-electron chi connectivity index (χ0n) is 11.7. The number of benzene rings is 1. The Morgan fingerprint density at radius 2 is 1.95 bits per heavy atom. The smallest absolute Gasteiger partial charge is 0.326 e. The highest BCUT2D eigenvalue weighted by Crippen LogP contribution is 2.06. The first-order valence-corrected chi connectivity index (χ1v) is 6.79. The molecule has 0 saturated heterocycles. The quantitative estimate of drug-likeness (QED) is 0.665. The van der Waals surface area contributed by atoms with Crippen LogP contribution in [0.15, 0.2) is 30.3 Å². The van der Waals surface area contributed by atoms with Crippen LogP contribution in [0.3, 0.4) is 0 Å². The Labute approximate surface area is 119 Å². The summed E-state index contributed by atoms with van der Waals surface area (Å²) in [6.45, 7) is 2.49. The number of hydrogen-bond donors (Lipinski definition) is 3. The maximum Gasteiger partial charge on any atom is 0.326 e. The Kier molecular flexibility index (Phi) is 6.73. The van der Waals surface area contributed by atoms with Gasteiger partial charge in [0.05, 0.1) is 0 Å². The first-order valence-electron chi connectivity index (χ1n) is 6.79. The van der Waals surface area contributed by atoms with E-state index in [1.807, 2.05) is 37.3 Å². The van der Waals surface area contributed by atoms with Crippen molar-refractivity contribution >= 4 is 11.9 Å². The van der Waals surface area contributed by atoms with E-state index in [4.69, 9.17) is 5.73 Å². The fraction of sp³-hybridized carbons (Fsp3) is 0.467. The van der Waals surface area contributed by atoms with Gasteiger partial charge in [-0.15, -0.1) is 0 Å². The number of aliphatic carboxylic acids is 1. The molecule has 0 aliphatic rings. The number of nitrogens with two attached hydrogens (primary N) is 1. The second-order valence-electron chi connectivity index (χ2n) is 5.03. The van der Waals surface area contributed by atoms with E-state index >= 15 is 0 Å². The lowest BCUT2D eigenvalue weighted by molar-refractivity contribution is -0.141. The van der Waals surface area contributed by atoms with E-state index in [0.717, 1.165) is 5.56 Å². The van der Waals surface area contributed by atoms with Crippen molar-refractivity contribution in [2.45, 2.75) is 32.2 Å². The first-order chi connectivity index (χ1) is 9.52. The second kappa shape index (κ2) is 8.32. The SMILES string of the molecule is CC(CN)CCC(=O)N[C@H](Cc1ccccc1)C(=O)O. The molecule has 0 aliphatic heterocycles. The average molecular weight is 278 g/mol. The molecule has 1 amide bonds. The van der Waals surface area contributed by atoms with Gasteiger partial charge in [0, 0.05) is 12.8 Å². The van der Waals surface area contributed by atoms with Gasteiger partial charge in [-0.1, -0.05) is 37.3 Å². The third kappa shape index (κ3) is 5.84. The predicted octanol–water partition coefficient (Wildman–Crippen LogP) is 1.17. The summed E-state index contributed by atoms with van der Waals surface area (Å²) in [4.78, 5) is 23.0. The molecule has 0 spiro atoms. The zero-order chi connectivity index (χ0) is 15.0. The Balaban J connectivity index is 2.51. The lowest BCUT2D eigenvalue weighted by atomic mass is 10.0. The van der Waals surface area contributed by atoms with E-state index in [0.29, 0.717) is 19.4 Å². The molecule has 0 heterocycles. The fourth-order valence-electron chi connectivity index (χ4n) is 1.81. The van der Waals surface area contributed by atoms with Crippen molar-refractivity contribution < 1.29 is 14.7 Å². The van der Waals surface area contributed by atoms with Gasteiger partial charge >= 0.3 is 5.97 Å². The normalized spacial score (nSPS) is 13.5. The molecule has 20 heavy (non-hydrogen) atoms. The number of carbonyl (C=O) groups is 2. The molecule has 2 atom stereocenters. The minimum Gasteiger partial charge on any atom is -0.480 e. The van der Waals surface area contributed by atoms with Gasteiger partial charge < -0.3 is 16.2 Å². The molecular formula is C15H22N2O3. The number of hydrogen-bond acceptors (Lipinski definition) is 3. The number of carbonyl (C=O) groups excluding carboxylic acids is 1. The lowest BCUT2D eigenvalue weighted by Crippen LogP contribution is -2.42. The molecular weight excluding hydrogens is 256 g/mol. The van der Waals surface area contributed by atoms with E-state index in [1.54, 1.807) is 0 Å². The maximum absolute atomic E-state index is 11.8. The van der Waals surface area contributed by atoms with Gasteiger partial charge in [-0.05, 0) is 24.4 Å². The van der Waals surface area contributed by atoms with Crippen molar-refractivity contribution in [2.24, 2.45) is 11.7 Å². The third-order valence-electron chi connectivity index (χ3n) is 3.18. The van der Waals surface area contributed by atoms with Gasteiger partial charge in [-0.25, -0.2) is 4.79 Å². The van der Waals surface area contributed by atoms with Crippen LogP contribution in [0.4, 0.5) is 0 Å². The molecule has 0 aromatic heterocycles. The van der Waals surface area contributed by atoms with Crippen LogP contribution < -0.4 is 11.1 Å². The molecule has 110 valence electrons. The Bertz CT molecular complexity index is 434. The van der Waals surface area contributed by atoms with Crippen molar-refractivity contribution in [3.05, 3.63) is 35.9 Å². The van der Waals surface area contributed by atoms with E-state index in [1.165, 1.54) is 0 Å². The van der Waals surface area contributed by atoms with Gasteiger partial charge in [0.1, 0.15) is 6.04 Å². The molecule has 4 N–H and O–H groups in total. The summed E-state index contributed by atoms with van der Waals surface area (Å²) in [7, 11) is 0. The van der Waals surface area contributed by atoms with Gasteiger partial charge in [-0.3, -0.25) is 4.79 Å². The molecule has 0 bridgehead atoms. The highest BCUT2D eigenvalue weighted by molar-refractivity contribution is 5.83. The van der Waals surface area contributed by atoms with Crippen LogP contribution >= 0.6 is 0 Å². The fourth-order valence-corrected chi connectivity index (χ4v) is 1.81. The number of rotatable bonds is 8. The monoisotopic (exact) mass is 278 g/mol. The third-order valence-corrected chi connectivity index (χ3v) is 3.18. The number of carboxylic acids is 1. The van der Waals surface area contributed by atoms with Crippen LogP contribution in [0.5, 0.6) is 0 Å². The second-order valence-corrected chi connectivity index (χ2v) is 5.03. The number of nitrogens with one attached hydrogen (secondary N) is 1. The summed E-state index contributed by atoms with van der Waals surface area (Å²) in [5.74, 6) is -0.999. The molecule has 1 rings (SSSR count). The van der Waals surface area contributed by atoms with Crippen molar-refractivity contribution in [2.75, 3.05) is 6.54 Å². The van der Waals surface area contributed by atoms with Gasteiger partial charge in [0.25, 0.3) is 0 Å². The molecule has 5 nitrogen and oxygen atoms in total. The van der Waals surface area contributed by atoms with Crippen molar-refractivity contribution in [1.29, 1.82) is 0 Å². The Morgan fingerprint density at radius 3 is 2.50 bits per heavy atom. The first kappa shape index (κ1) is 16.2. The molecule has 0 fully saturated rings. The summed E-state index contributed by atoms with van der Waals surface area (Å²) in [5.41, 5.74) is 6.37. The largest absolute Gasteiger partial charge is 0.480 e. The lowest BCUT2D eigenvalue weighted by Gasteiger charge is -2.15. The van der Waals surface area contributed by atoms with Crippen molar-refractivity contribution in [3.63, 3.8) is 0 Å². The topological polar surface area (TPSA) is 92.4 Å². The minimum atomic E-state index is -1.02. The van der Waals surface area contributed by atoms with E-state index in [9.17, 15) is 14.7 Å². The average Bonchev–Trinajstić information content (AvgIpc) is 2.45. The molecule has 1 aromatic rings. The summed E-state index contributed by atoms with van der Waals surface area (Å²) in [6.07, 6.45) is 1.26. The minimum absolute atomic E-state index is 0.242. The molecule has 1 aromatic carbocycles. The molecule has 0 saturated carbocycles. The maximum atomic E-state index is 11.8. The van der Waals surface area contributed by atoms with Gasteiger partial charge in [-0.2, -0.15) is 0 Å². The van der Waals surface area contributed by atoms with Crippen LogP contribution in [-0.2, 0) is 16.0 Å².